The maximum Gasteiger partial charge on any atom is 0.270 e. The first kappa shape index (κ1) is 14.7. The number of hydrogen-bond acceptors (Lipinski definition) is 4. The van der Waals surface area contributed by atoms with Crippen LogP contribution in [0, 0.1) is 10.1 Å². The Hall–Kier alpha value is -2.37. The van der Waals surface area contributed by atoms with E-state index in [0.29, 0.717) is 0 Å². The largest absolute Gasteiger partial charge is 0.507 e. The minimum Gasteiger partial charge on any atom is -0.507 e. The third-order valence-electron chi connectivity index (χ3n) is 2.13. The van der Waals surface area contributed by atoms with Crippen LogP contribution in [0.1, 0.15) is 26.3 Å². The fraction of sp³-hybridized carbons (Fsp3) is 0.308. The summed E-state index contributed by atoms with van der Waals surface area (Å²) in [5.74, 6) is -0.455. The Morgan fingerprint density at radius 2 is 2.05 bits per heavy atom. The molecule has 0 unspecified atom stereocenters. The molecule has 0 aliphatic carbocycles. The Bertz CT molecular complexity index is 530. The summed E-state index contributed by atoms with van der Waals surface area (Å²) in [4.78, 5) is 21.6. The summed E-state index contributed by atoms with van der Waals surface area (Å²) < 4.78 is 0. The van der Waals surface area contributed by atoms with Crippen LogP contribution < -0.4 is 5.32 Å². The summed E-state index contributed by atoms with van der Waals surface area (Å²) in [5, 5.41) is 22.9. The average Bonchev–Trinajstić information content (AvgIpc) is 2.25. The van der Waals surface area contributed by atoms with E-state index in [-0.39, 0.29) is 28.4 Å². The van der Waals surface area contributed by atoms with E-state index in [1.54, 1.807) is 0 Å². The van der Waals surface area contributed by atoms with Crippen LogP contribution in [0.2, 0.25) is 0 Å². The van der Waals surface area contributed by atoms with E-state index < -0.39 is 4.92 Å². The van der Waals surface area contributed by atoms with Crippen molar-refractivity contribution in [1.82, 2.24) is 5.32 Å². The number of nitro groups is 1. The molecule has 6 heteroatoms. The number of nitro benzene ring substituents is 1. The normalized spacial score (nSPS) is 11.5. The molecule has 0 heterocycles. The number of rotatable bonds is 3. The minimum atomic E-state index is -0.563. The second-order valence-corrected chi connectivity index (χ2v) is 5.07. The van der Waals surface area contributed by atoms with Crippen LogP contribution in [-0.2, 0) is 4.79 Å². The van der Waals surface area contributed by atoms with Crippen molar-refractivity contribution in [3.63, 3.8) is 0 Å². The Kier molecular flexibility index (Phi) is 4.26. The first-order chi connectivity index (χ1) is 8.69. The van der Waals surface area contributed by atoms with Gasteiger partial charge >= 0.3 is 0 Å². The van der Waals surface area contributed by atoms with Gasteiger partial charge in [0.05, 0.1) is 4.92 Å². The van der Waals surface area contributed by atoms with Crippen molar-refractivity contribution >= 4 is 17.7 Å². The van der Waals surface area contributed by atoms with Crippen LogP contribution in [0.4, 0.5) is 5.69 Å². The fourth-order valence-electron chi connectivity index (χ4n) is 1.37. The molecule has 0 spiro atoms. The van der Waals surface area contributed by atoms with Gasteiger partial charge in [-0.25, -0.2) is 0 Å². The molecule has 19 heavy (non-hydrogen) atoms. The molecule has 0 saturated carbocycles. The van der Waals surface area contributed by atoms with E-state index in [2.05, 4.69) is 5.32 Å². The van der Waals surface area contributed by atoms with Gasteiger partial charge in [-0.05, 0) is 32.9 Å². The lowest BCUT2D eigenvalue weighted by Crippen LogP contribution is -2.39. The highest BCUT2D eigenvalue weighted by atomic mass is 16.6. The number of amides is 1. The van der Waals surface area contributed by atoms with E-state index in [1.165, 1.54) is 30.4 Å². The van der Waals surface area contributed by atoms with Gasteiger partial charge in [0, 0.05) is 29.3 Å². The zero-order chi connectivity index (χ0) is 14.6. The third kappa shape index (κ3) is 4.79. The monoisotopic (exact) mass is 264 g/mol. The zero-order valence-corrected chi connectivity index (χ0v) is 11.0. The van der Waals surface area contributed by atoms with E-state index in [9.17, 15) is 20.0 Å². The number of carbonyl (C=O) groups excluding carboxylic acids is 1. The third-order valence-corrected chi connectivity index (χ3v) is 2.13. The number of benzene rings is 1. The molecule has 0 bridgehead atoms. The number of nitrogens with one attached hydrogen (secondary N) is 1. The second kappa shape index (κ2) is 5.51. The Morgan fingerprint density at radius 1 is 1.42 bits per heavy atom. The maximum atomic E-state index is 11.5. The zero-order valence-electron chi connectivity index (χ0n) is 11.0. The van der Waals surface area contributed by atoms with Gasteiger partial charge in [-0.15, -0.1) is 0 Å². The van der Waals surface area contributed by atoms with E-state index in [1.807, 2.05) is 20.8 Å². The van der Waals surface area contributed by atoms with Crippen molar-refractivity contribution in [3.8, 4) is 5.75 Å². The van der Waals surface area contributed by atoms with Crippen molar-refractivity contribution in [2.24, 2.45) is 0 Å². The van der Waals surface area contributed by atoms with E-state index in [0.717, 1.165) is 0 Å². The standard InChI is InChI=1S/C13H16N2O4/c1-13(2,3)14-12(17)7-4-9-8-10(15(18)19)5-6-11(9)16/h4-8,16H,1-3H3,(H,14,17)/b7-4+. The highest BCUT2D eigenvalue weighted by Crippen LogP contribution is 2.23. The molecule has 6 nitrogen and oxygen atoms in total. The quantitative estimate of drug-likeness (QED) is 0.497. The molecule has 1 aromatic carbocycles. The van der Waals surface area contributed by atoms with Crippen LogP contribution in [0.3, 0.4) is 0 Å². The molecule has 1 aromatic rings. The van der Waals surface area contributed by atoms with Crippen molar-refractivity contribution in [3.05, 3.63) is 40.0 Å². The lowest BCUT2D eigenvalue weighted by atomic mass is 10.1. The van der Waals surface area contributed by atoms with Crippen molar-refractivity contribution in [1.29, 1.82) is 0 Å². The highest BCUT2D eigenvalue weighted by Gasteiger charge is 2.12. The molecule has 1 rings (SSSR count). The van der Waals surface area contributed by atoms with Crippen LogP contribution in [0.25, 0.3) is 6.08 Å². The summed E-state index contributed by atoms with van der Waals surface area (Å²) in [6.07, 6.45) is 2.56. The lowest BCUT2D eigenvalue weighted by Gasteiger charge is -2.18. The number of carbonyl (C=O) groups is 1. The predicted octanol–water partition coefficient (Wildman–Crippen LogP) is 2.23. The molecule has 0 aliphatic rings. The molecule has 0 atom stereocenters. The number of non-ortho nitro benzene ring substituents is 1. The van der Waals surface area contributed by atoms with Crippen LogP contribution in [0.5, 0.6) is 5.75 Å². The molecule has 102 valence electrons. The number of nitrogens with zero attached hydrogens (tertiary/aromatic N) is 1. The lowest BCUT2D eigenvalue weighted by molar-refractivity contribution is -0.384. The first-order valence-electron chi connectivity index (χ1n) is 5.67. The van der Waals surface area contributed by atoms with Crippen LogP contribution in [-0.4, -0.2) is 21.5 Å². The topological polar surface area (TPSA) is 92.5 Å². The smallest absolute Gasteiger partial charge is 0.270 e. The van der Waals surface area contributed by atoms with Crippen LogP contribution in [0.15, 0.2) is 24.3 Å². The summed E-state index contributed by atoms with van der Waals surface area (Å²) in [6, 6.07) is 3.62. The molecule has 0 fully saturated rings. The Labute approximate surface area is 110 Å². The Balaban J connectivity index is 2.90. The molecule has 0 radical (unpaired) electrons. The molecule has 1 amide bonds. The van der Waals surface area contributed by atoms with Gasteiger partial charge in [-0.2, -0.15) is 0 Å². The first-order valence-corrected chi connectivity index (χ1v) is 5.67. The van der Waals surface area contributed by atoms with Crippen molar-refractivity contribution in [2.45, 2.75) is 26.3 Å². The Morgan fingerprint density at radius 3 is 2.58 bits per heavy atom. The number of aromatic hydroxyl groups is 1. The van der Waals surface area contributed by atoms with Gasteiger partial charge in [-0.3, -0.25) is 14.9 Å². The van der Waals surface area contributed by atoms with Gasteiger partial charge in [0.25, 0.3) is 5.69 Å². The number of phenols is 1. The van der Waals surface area contributed by atoms with E-state index >= 15 is 0 Å². The number of hydrogen-bond donors (Lipinski definition) is 2. The molecular formula is C13H16N2O4. The van der Waals surface area contributed by atoms with Gasteiger partial charge < -0.3 is 10.4 Å². The summed E-state index contributed by atoms with van der Waals surface area (Å²) in [6.45, 7) is 5.51. The average molecular weight is 264 g/mol. The van der Waals surface area contributed by atoms with Crippen molar-refractivity contribution in [2.75, 3.05) is 0 Å². The summed E-state index contributed by atoms with van der Waals surface area (Å²) in [7, 11) is 0. The van der Waals surface area contributed by atoms with Crippen LogP contribution >= 0.6 is 0 Å². The molecule has 2 N–H and O–H groups in total. The molecule has 0 saturated heterocycles. The van der Waals surface area contributed by atoms with E-state index in [4.69, 9.17) is 0 Å². The minimum absolute atomic E-state index is 0.120. The SMILES string of the molecule is CC(C)(C)NC(=O)/C=C/c1cc([N+](=O)[O-])ccc1O. The van der Waals surface area contributed by atoms with Gasteiger partial charge in [0.15, 0.2) is 0 Å². The highest BCUT2D eigenvalue weighted by molar-refractivity contribution is 5.92. The molecule has 0 aliphatic heterocycles. The fourth-order valence-corrected chi connectivity index (χ4v) is 1.37. The predicted molar refractivity (Wildman–Crippen MR) is 71.7 cm³/mol. The van der Waals surface area contributed by atoms with Gasteiger partial charge in [0.1, 0.15) is 5.75 Å². The number of phenolic OH excluding ortho intramolecular Hbond substituents is 1. The molecular weight excluding hydrogens is 248 g/mol. The summed E-state index contributed by atoms with van der Waals surface area (Å²) >= 11 is 0. The molecule has 0 aromatic heterocycles. The van der Waals surface area contributed by atoms with Crippen molar-refractivity contribution < 1.29 is 14.8 Å². The second-order valence-electron chi connectivity index (χ2n) is 5.07. The maximum absolute atomic E-state index is 11.5. The summed E-state index contributed by atoms with van der Waals surface area (Å²) in [5.41, 5.74) is -0.293. The van der Waals surface area contributed by atoms with Gasteiger partial charge in [-0.1, -0.05) is 0 Å². The van der Waals surface area contributed by atoms with Gasteiger partial charge in [0.2, 0.25) is 5.91 Å².